The van der Waals surface area contributed by atoms with Gasteiger partial charge in [0.25, 0.3) is 0 Å². The molecule has 4 rings (SSSR count). The van der Waals surface area contributed by atoms with Gasteiger partial charge < -0.3 is 24.9 Å². The van der Waals surface area contributed by atoms with Crippen molar-refractivity contribution in [1.29, 1.82) is 5.41 Å². The van der Waals surface area contributed by atoms with Gasteiger partial charge in [-0.25, -0.2) is 0 Å². The maximum atomic E-state index is 13.2. The Kier molecular flexibility index (Phi) is 6.48. The SMILES string of the molecule is N=Cc1ccc(-c2nc(NCC3OCCO3)n(-c3ccc(OC(F)(F)C(F)(F)F)cc3)n2)cc1. The van der Waals surface area contributed by atoms with Crippen molar-refractivity contribution < 1.29 is 36.2 Å². The van der Waals surface area contributed by atoms with E-state index < -0.39 is 24.3 Å². The first kappa shape index (κ1) is 23.6. The van der Waals surface area contributed by atoms with Gasteiger partial charge in [-0.1, -0.05) is 24.3 Å². The van der Waals surface area contributed by atoms with Crippen LogP contribution in [-0.2, 0) is 9.47 Å². The molecule has 0 bridgehead atoms. The quantitative estimate of drug-likeness (QED) is 0.368. The van der Waals surface area contributed by atoms with Gasteiger partial charge in [0.2, 0.25) is 5.95 Å². The number of anilines is 1. The van der Waals surface area contributed by atoms with Crippen LogP contribution in [0.4, 0.5) is 27.9 Å². The van der Waals surface area contributed by atoms with Gasteiger partial charge in [0.1, 0.15) is 5.75 Å². The molecule has 0 spiro atoms. The van der Waals surface area contributed by atoms with E-state index in [2.05, 4.69) is 20.1 Å². The average molecular weight is 483 g/mol. The average Bonchev–Trinajstić information content (AvgIpc) is 3.47. The van der Waals surface area contributed by atoms with Crippen LogP contribution in [0.1, 0.15) is 5.56 Å². The first-order valence-corrected chi connectivity index (χ1v) is 9.95. The highest BCUT2D eigenvalue weighted by Gasteiger charge is 2.61. The van der Waals surface area contributed by atoms with E-state index in [1.807, 2.05) is 0 Å². The molecule has 2 heterocycles. The second-order valence-corrected chi connectivity index (χ2v) is 7.10. The fourth-order valence-electron chi connectivity index (χ4n) is 3.02. The lowest BCUT2D eigenvalue weighted by molar-refractivity contribution is -0.360. The first-order chi connectivity index (χ1) is 16.2. The Morgan fingerprint density at radius 3 is 2.26 bits per heavy atom. The molecule has 13 heteroatoms. The zero-order chi connectivity index (χ0) is 24.3. The van der Waals surface area contributed by atoms with E-state index in [-0.39, 0.29) is 12.5 Å². The Morgan fingerprint density at radius 2 is 1.68 bits per heavy atom. The van der Waals surface area contributed by atoms with Crippen LogP contribution in [0.25, 0.3) is 17.1 Å². The third kappa shape index (κ3) is 5.15. The van der Waals surface area contributed by atoms with E-state index in [1.165, 1.54) is 23.0 Å². The van der Waals surface area contributed by atoms with Gasteiger partial charge in [0.05, 0.1) is 25.4 Å². The highest BCUT2D eigenvalue weighted by molar-refractivity contribution is 5.78. The first-order valence-electron chi connectivity index (χ1n) is 9.95. The third-order valence-corrected chi connectivity index (χ3v) is 4.72. The van der Waals surface area contributed by atoms with E-state index in [0.29, 0.717) is 35.9 Å². The maximum Gasteiger partial charge on any atom is 0.499 e. The fraction of sp³-hybridized carbons (Fsp3) is 0.286. The van der Waals surface area contributed by atoms with Gasteiger partial charge >= 0.3 is 12.3 Å². The van der Waals surface area contributed by atoms with Crippen LogP contribution in [0, 0.1) is 5.41 Å². The minimum absolute atomic E-state index is 0.240. The molecule has 1 aliphatic rings. The van der Waals surface area contributed by atoms with Crippen molar-refractivity contribution in [3.05, 3.63) is 54.1 Å². The van der Waals surface area contributed by atoms with Crippen molar-refractivity contribution in [2.24, 2.45) is 0 Å². The molecule has 180 valence electrons. The highest BCUT2D eigenvalue weighted by Crippen LogP contribution is 2.37. The molecule has 1 fully saturated rings. The second kappa shape index (κ2) is 9.35. The summed E-state index contributed by atoms with van der Waals surface area (Å²) in [7, 11) is 0. The number of ether oxygens (including phenoxy) is 3. The Bertz CT molecular complexity index is 1130. The van der Waals surface area contributed by atoms with Crippen molar-refractivity contribution in [3.63, 3.8) is 0 Å². The molecule has 8 nitrogen and oxygen atoms in total. The normalized spacial score (nSPS) is 14.9. The van der Waals surface area contributed by atoms with Crippen LogP contribution in [-0.4, -0.2) is 59.3 Å². The van der Waals surface area contributed by atoms with Crippen LogP contribution in [0.3, 0.4) is 0 Å². The van der Waals surface area contributed by atoms with Crippen LogP contribution >= 0.6 is 0 Å². The summed E-state index contributed by atoms with van der Waals surface area (Å²) in [6, 6.07) is 11.4. The van der Waals surface area contributed by atoms with Gasteiger partial charge in [-0.15, -0.1) is 5.10 Å². The molecule has 34 heavy (non-hydrogen) atoms. The van der Waals surface area contributed by atoms with Crippen molar-refractivity contribution in [2.45, 2.75) is 18.6 Å². The van der Waals surface area contributed by atoms with Gasteiger partial charge in [-0.05, 0) is 29.8 Å². The lowest BCUT2D eigenvalue weighted by Crippen LogP contribution is -2.41. The standard InChI is InChI=1S/C21H18F5N5O3/c22-20(23,24)21(25,26)34-16-7-5-15(6-8-16)31-19(28-12-17-32-9-10-33-17)29-18(30-31)14-3-1-13(11-27)2-4-14/h1-8,11,17,27H,9-10,12H2,(H,28,29,30). The van der Waals surface area contributed by atoms with Crippen LogP contribution in [0.15, 0.2) is 48.5 Å². The molecule has 2 N–H and O–H groups in total. The minimum Gasteiger partial charge on any atom is -0.426 e. The summed E-state index contributed by atoms with van der Waals surface area (Å²) < 4.78 is 79.5. The van der Waals surface area contributed by atoms with Crippen molar-refractivity contribution in [2.75, 3.05) is 25.1 Å². The summed E-state index contributed by atoms with van der Waals surface area (Å²) in [5, 5.41) is 14.8. The summed E-state index contributed by atoms with van der Waals surface area (Å²) >= 11 is 0. The summed E-state index contributed by atoms with van der Waals surface area (Å²) in [5.74, 6) is -0.0911. The van der Waals surface area contributed by atoms with Crippen LogP contribution < -0.4 is 10.1 Å². The highest BCUT2D eigenvalue weighted by atomic mass is 19.4. The monoisotopic (exact) mass is 483 g/mol. The topological polar surface area (TPSA) is 94.3 Å². The molecule has 0 aliphatic carbocycles. The van der Waals surface area contributed by atoms with E-state index >= 15 is 0 Å². The number of hydrogen-bond acceptors (Lipinski definition) is 7. The van der Waals surface area contributed by atoms with Crippen LogP contribution in [0.2, 0.25) is 0 Å². The number of nitrogens with zero attached hydrogens (tertiary/aromatic N) is 3. The number of halogens is 5. The molecular weight excluding hydrogens is 465 g/mol. The maximum absolute atomic E-state index is 13.2. The molecule has 0 atom stereocenters. The van der Waals surface area contributed by atoms with Crippen molar-refractivity contribution >= 4 is 12.2 Å². The minimum atomic E-state index is -5.85. The summed E-state index contributed by atoms with van der Waals surface area (Å²) in [6.45, 7) is 1.14. The summed E-state index contributed by atoms with van der Waals surface area (Å²) in [5.41, 5.74) is 1.65. The predicted octanol–water partition coefficient (Wildman–Crippen LogP) is 4.25. The van der Waals surface area contributed by atoms with Gasteiger partial charge in [0.15, 0.2) is 12.1 Å². The number of benzene rings is 2. The zero-order valence-electron chi connectivity index (χ0n) is 17.4. The molecule has 2 aromatic carbocycles. The lowest BCUT2D eigenvalue weighted by Gasteiger charge is -2.20. The Hall–Kier alpha value is -3.58. The van der Waals surface area contributed by atoms with E-state index in [9.17, 15) is 22.0 Å². The fourth-order valence-corrected chi connectivity index (χ4v) is 3.02. The van der Waals surface area contributed by atoms with Crippen molar-refractivity contribution in [1.82, 2.24) is 14.8 Å². The third-order valence-electron chi connectivity index (χ3n) is 4.72. The van der Waals surface area contributed by atoms with Gasteiger partial charge in [-0.3, -0.25) is 0 Å². The molecule has 0 unspecified atom stereocenters. The predicted molar refractivity (Wildman–Crippen MR) is 110 cm³/mol. The van der Waals surface area contributed by atoms with Gasteiger partial charge in [0, 0.05) is 11.8 Å². The molecular formula is C21H18F5N5O3. The molecule has 1 aliphatic heterocycles. The van der Waals surface area contributed by atoms with E-state index in [0.717, 1.165) is 12.1 Å². The number of aromatic nitrogens is 3. The van der Waals surface area contributed by atoms with E-state index in [1.54, 1.807) is 24.3 Å². The molecule has 0 amide bonds. The molecule has 1 aromatic heterocycles. The smallest absolute Gasteiger partial charge is 0.426 e. The molecule has 1 saturated heterocycles. The van der Waals surface area contributed by atoms with Crippen molar-refractivity contribution in [3.8, 4) is 22.8 Å². The Balaban J connectivity index is 1.61. The molecule has 0 saturated carbocycles. The van der Waals surface area contributed by atoms with Gasteiger partial charge in [-0.2, -0.15) is 31.6 Å². The number of alkyl halides is 5. The second-order valence-electron chi connectivity index (χ2n) is 7.10. The largest absolute Gasteiger partial charge is 0.499 e. The zero-order valence-corrected chi connectivity index (χ0v) is 17.4. The Labute approximate surface area is 189 Å². The molecule has 0 radical (unpaired) electrons. The van der Waals surface area contributed by atoms with Crippen LogP contribution in [0.5, 0.6) is 5.75 Å². The Morgan fingerprint density at radius 1 is 1.03 bits per heavy atom. The molecule has 3 aromatic rings. The number of rotatable bonds is 8. The number of hydrogen-bond donors (Lipinski definition) is 2. The summed E-state index contributed by atoms with van der Waals surface area (Å²) in [4.78, 5) is 4.46. The summed E-state index contributed by atoms with van der Waals surface area (Å²) in [6.07, 6.45) is -10.5. The lowest BCUT2D eigenvalue weighted by atomic mass is 10.1. The number of nitrogens with one attached hydrogen (secondary N) is 2. The van der Waals surface area contributed by atoms with E-state index in [4.69, 9.17) is 14.9 Å².